The number of benzene rings is 3. The highest BCUT2D eigenvalue weighted by Gasteiger charge is 2.33. The molecule has 0 aliphatic heterocycles. The molecule has 7 nitrogen and oxygen atoms in total. The second kappa shape index (κ2) is 12.7. The van der Waals surface area contributed by atoms with Crippen LogP contribution >= 0.6 is 0 Å². The van der Waals surface area contributed by atoms with Crippen LogP contribution in [-0.2, 0) is 26.2 Å². The van der Waals surface area contributed by atoms with Gasteiger partial charge in [0.15, 0.2) is 0 Å². The number of nitrogens with one attached hydrogen (secondary N) is 1. The summed E-state index contributed by atoms with van der Waals surface area (Å²) in [6.45, 7) is 6.71. The molecule has 0 aromatic heterocycles. The Morgan fingerprint density at radius 1 is 0.947 bits per heavy atom. The monoisotopic (exact) mass is 539 g/mol. The molecule has 0 fully saturated rings. The topological polar surface area (TPSA) is 86.8 Å². The number of hydrogen-bond donors (Lipinski definition) is 1. The van der Waals surface area contributed by atoms with Crippen LogP contribution in [0.3, 0.4) is 0 Å². The van der Waals surface area contributed by atoms with Crippen molar-refractivity contribution in [1.29, 1.82) is 0 Å². The number of halogens is 1. The predicted molar refractivity (Wildman–Crippen MR) is 146 cm³/mol. The number of sulfonamides is 1. The van der Waals surface area contributed by atoms with Crippen molar-refractivity contribution in [3.05, 3.63) is 95.8 Å². The van der Waals surface area contributed by atoms with Gasteiger partial charge in [0.1, 0.15) is 18.4 Å². The van der Waals surface area contributed by atoms with Gasteiger partial charge in [-0.15, -0.1) is 0 Å². The number of amides is 2. The van der Waals surface area contributed by atoms with Gasteiger partial charge in [-0.1, -0.05) is 67.1 Å². The van der Waals surface area contributed by atoms with E-state index in [0.717, 1.165) is 21.5 Å². The fourth-order valence-electron chi connectivity index (χ4n) is 3.94. The van der Waals surface area contributed by atoms with Crippen LogP contribution < -0.4 is 9.62 Å². The van der Waals surface area contributed by atoms with Crippen molar-refractivity contribution in [2.45, 2.75) is 57.6 Å². The smallest absolute Gasteiger partial charge is 0.264 e. The molecule has 0 saturated carbocycles. The minimum absolute atomic E-state index is 0.0755. The van der Waals surface area contributed by atoms with Gasteiger partial charge in [-0.3, -0.25) is 13.9 Å². The van der Waals surface area contributed by atoms with E-state index in [1.165, 1.54) is 35.2 Å². The van der Waals surface area contributed by atoms with Gasteiger partial charge in [-0.05, 0) is 57.0 Å². The fourth-order valence-corrected chi connectivity index (χ4v) is 5.39. The summed E-state index contributed by atoms with van der Waals surface area (Å²) < 4.78 is 43.0. The van der Waals surface area contributed by atoms with Gasteiger partial charge < -0.3 is 10.2 Å². The zero-order valence-corrected chi connectivity index (χ0v) is 22.9. The third-order valence-corrected chi connectivity index (χ3v) is 8.11. The molecular weight excluding hydrogens is 505 g/mol. The van der Waals surface area contributed by atoms with Crippen molar-refractivity contribution in [2.75, 3.05) is 10.8 Å². The summed E-state index contributed by atoms with van der Waals surface area (Å²) in [5, 5.41) is 2.89. The van der Waals surface area contributed by atoms with Crippen molar-refractivity contribution < 1.29 is 22.4 Å². The average Bonchev–Trinajstić information content (AvgIpc) is 2.90. The zero-order chi connectivity index (χ0) is 27.9. The first-order chi connectivity index (χ1) is 18.0. The molecule has 3 aromatic carbocycles. The molecule has 3 rings (SSSR count). The molecule has 0 saturated heterocycles. The second-order valence-electron chi connectivity index (χ2n) is 9.28. The lowest BCUT2D eigenvalue weighted by Crippen LogP contribution is -2.52. The van der Waals surface area contributed by atoms with Crippen LogP contribution in [0.5, 0.6) is 0 Å². The normalized spacial score (nSPS) is 12.9. The molecule has 3 aromatic rings. The molecule has 0 bridgehead atoms. The van der Waals surface area contributed by atoms with Crippen molar-refractivity contribution in [3.63, 3.8) is 0 Å². The van der Waals surface area contributed by atoms with E-state index in [1.807, 2.05) is 45.0 Å². The predicted octanol–water partition coefficient (Wildman–Crippen LogP) is 4.66. The quantitative estimate of drug-likeness (QED) is 0.384. The summed E-state index contributed by atoms with van der Waals surface area (Å²) in [5.41, 5.74) is 1.51. The summed E-state index contributed by atoms with van der Waals surface area (Å²) in [6, 6.07) is 19.4. The van der Waals surface area contributed by atoms with E-state index < -0.39 is 34.3 Å². The Balaban J connectivity index is 2.03. The van der Waals surface area contributed by atoms with Crippen molar-refractivity contribution >= 4 is 27.5 Å². The van der Waals surface area contributed by atoms with Crippen LogP contribution in [-0.4, -0.2) is 43.8 Å². The number of rotatable bonds is 11. The number of carbonyl (C=O) groups excluding carboxylic acids is 2. The highest BCUT2D eigenvalue weighted by Crippen LogP contribution is 2.27. The zero-order valence-electron chi connectivity index (χ0n) is 22.1. The third-order valence-electron chi connectivity index (χ3n) is 6.33. The summed E-state index contributed by atoms with van der Waals surface area (Å²) in [5.74, 6) is -1.78. The van der Waals surface area contributed by atoms with Crippen molar-refractivity contribution in [2.24, 2.45) is 0 Å². The molecule has 2 amide bonds. The molecule has 0 aliphatic carbocycles. The number of para-hydroxylation sites is 1. The number of anilines is 1. The lowest BCUT2D eigenvalue weighted by Gasteiger charge is -2.32. The van der Waals surface area contributed by atoms with Gasteiger partial charge in [0.2, 0.25) is 11.8 Å². The average molecular weight is 540 g/mol. The number of nitrogens with zero attached hydrogens (tertiary/aromatic N) is 2. The van der Waals surface area contributed by atoms with E-state index in [4.69, 9.17) is 0 Å². The van der Waals surface area contributed by atoms with E-state index in [0.29, 0.717) is 6.42 Å². The molecule has 2 atom stereocenters. The van der Waals surface area contributed by atoms with Crippen molar-refractivity contribution in [3.8, 4) is 0 Å². The van der Waals surface area contributed by atoms with E-state index in [1.54, 1.807) is 25.1 Å². The third kappa shape index (κ3) is 6.98. The summed E-state index contributed by atoms with van der Waals surface area (Å²) in [4.78, 5) is 28.1. The Morgan fingerprint density at radius 2 is 1.61 bits per heavy atom. The Labute approximate surface area is 224 Å². The summed E-state index contributed by atoms with van der Waals surface area (Å²) in [6.07, 6.45) is 0.709. The maximum atomic E-state index is 14.9. The molecule has 0 spiro atoms. The maximum Gasteiger partial charge on any atom is 0.264 e. The van der Waals surface area contributed by atoms with Crippen LogP contribution in [0.2, 0.25) is 0 Å². The van der Waals surface area contributed by atoms with Crippen molar-refractivity contribution in [1.82, 2.24) is 10.2 Å². The molecule has 202 valence electrons. The van der Waals surface area contributed by atoms with E-state index in [-0.39, 0.29) is 29.1 Å². The lowest BCUT2D eigenvalue weighted by molar-refractivity contribution is -0.139. The maximum absolute atomic E-state index is 14.9. The Kier molecular flexibility index (Phi) is 9.63. The van der Waals surface area contributed by atoms with Crippen LogP contribution in [0.1, 0.15) is 38.3 Å². The van der Waals surface area contributed by atoms with Gasteiger partial charge >= 0.3 is 0 Å². The van der Waals surface area contributed by atoms with Gasteiger partial charge in [-0.25, -0.2) is 12.8 Å². The molecule has 9 heteroatoms. The lowest BCUT2D eigenvalue weighted by atomic mass is 10.1. The molecule has 0 heterocycles. The SMILES string of the molecule is CC[C@H](C)NC(=O)[C@H](C)N(Cc1cccc(C)c1)C(=O)CN(c1ccccc1F)S(=O)(=O)c1ccccc1. The second-order valence-corrected chi connectivity index (χ2v) is 11.1. The molecule has 0 radical (unpaired) electrons. The number of aryl methyl sites for hydroxylation is 1. The standard InChI is InChI=1S/C29H34FN3O4S/c1-5-22(3)31-29(35)23(4)32(19-24-13-11-12-21(2)18-24)28(34)20-33(27-17-10-9-16-26(27)30)38(36,37)25-14-7-6-8-15-25/h6-18,22-23H,5,19-20H2,1-4H3,(H,31,35)/t22-,23-/m0/s1. The molecule has 1 N–H and O–H groups in total. The van der Waals surface area contributed by atoms with Gasteiger partial charge in [0, 0.05) is 12.6 Å². The van der Waals surface area contributed by atoms with Gasteiger partial charge in [-0.2, -0.15) is 0 Å². The first-order valence-electron chi connectivity index (χ1n) is 12.5. The highest BCUT2D eigenvalue weighted by atomic mass is 32.2. The van der Waals surface area contributed by atoms with Crippen LogP contribution in [0.15, 0.2) is 83.8 Å². The largest absolute Gasteiger partial charge is 0.352 e. The minimum Gasteiger partial charge on any atom is -0.352 e. The summed E-state index contributed by atoms with van der Waals surface area (Å²) in [7, 11) is -4.31. The van der Waals surface area contributed by atoms with Crippen LogP contribution in [0.4, 0.5) is 10.1 Å². The van der Waals surface area contributed by atoms with Crippen LogP contribution in [0, 0.1) is 12.7 Å². The summed E-state index contributed by atoms with van der Waals surface area (Å²) >= 11 is 0. The Bertz CT molecular complexity index is 1370. The Hall–Kier alpha value is -3.72. The first kappa shape index (κ1) is 28.8. The minimum atomic E-state index is -4.31. The van der Waals surface area contributed by atoms with E-state index in [9.17, 15) is 22.4 Å². The first-order valence-corrected chi connectivity index (χ1v) is 14.0. The number of hydrogen-bond acceptors (Lipinski definition) is 4. The Morgan fingerprint density at radius 3 is 2.24 bits per heavy atom. The molecular formula is C29H34FN3O4S. The fraction of sp³-hybridized carbons (Fsp3) is 0.310. The molecule has 38 heavy (non-hydrogen) atoms. The highest BCUT2D eigenvalue weighted by molar-refractivity contribution is 7.92. The molecule has 0 aliphatic rings. The molecule has 0 unspecified atom stereocenters. The number of carbonyl (C=O) groups is 2. The van der Waals surface area contributed by atoms with Gasteiger partial charge in [0.05, 0.1) is 10.6 Å². The van der Waals surface area contributed by atoms with E-state index >= 15 is 0 Å². The van der Waals surface area contributed by atoms with Crippen LogP contribution in [0.25, 0.3) is 0 Å². The van der Waals surface area contributed by atoms with E-state index in [2.05, 4.69) is 5.32 Å². The van der Waals surface area contributed by atoms with Gasteiger partial charge in [0.25, 0.3) is 10.0 Å².